The maximum absolute atomic E-state index is 11.8. The van der Waals surface area contributed by atoms with Gasteiger partial charge in [0.05, 0.1) is 10.7 Å². The Morgan fingerprint density at radius 1 is 1.26 bits per heavy atom. The molecule has 0 spiro atoms. The van der Waals surface area contributed by atoms with Gasteiger partial charge in [-0.3, -0.25) is 4.79 Å². The van der Waals surface area contributed by atoms with Crippen LogP contribution in [0.4, 0.5) is 0 Å². The van der Waals surface area contributed by atoms with Crippen LogP contribution in [0.15, 0.2) is 50.4 Å². The second-order valence-corrected chi connectivity index (χ2v) is 6.80. The van der Waals surface area contributed by atoms with Gasteiger partial charge in [0.25, 0.3) is 5.91 Å². The van der Waals surface area contributed by atoms with Crippen molar-refractivity contribution < 1.29 is 9.53 Å². The first-order valence-corrected chi connectivity index (χ1v) is 8.51. The molecule has 0 aliphatic rings. The topological polar surface area (TPSA) is 50.7 Å². The van der Waals surface area contributed by atoms with Gasteiger partial charge in [0, 0.05) is 4.47 Å². The molecule has 0 aliphatic heterocycles. The molecule has 0 heterocycles. The summed E-state index contributed by atoms with van der Waals surface area (Å²) in [6.45, 7) is 3.81. The van der Waals surface area contributed by atoms with Gasteiger partial charge in [-0.05, 0) is 53.0 Å². The van der Waals surface area contributed by atoms with E-state index in [0.29, 0.717) is 5.75 Å². The summed E-state index contributed by atoms with van der Waals surface area (Å²) in [5.74, 6) is 0.328. The quantitative estimate of drug-likeness (QED) is 0.555. The molecular weight excluding hydrogens is 424 g/mol. The predicted molar refractivity (Wildman–Crippen MR) is 99.0 cm³/mol. The van der Waals surface area contributed by atoms with Crippen molar-refractivity contribution in [2.75, 3.05) is 6.61 Å². The minimum Gasteiger partial charge on any atom is -0.482 e. The summed E-state index contributed by atoms with van der Waals surface area (Å²) in [5, 5.41) is 3.93. The molecule has 0 aromatic heterocycles. The zero-order chi connectivity index (χ0) is 16.8. The lowest BCUT2D eigenvalue weighted by Crippen LogP contribution is -2.24. The van der Waals surface area contributed by atoms with Crippen LogP contribution >= 0.6 is 31.9 Å². The summed E-state index contributed by atoms with van der Waals surface area (Å²) in [7, 11) is 0. The van der Waals surface area contributed by atoms with Crippen molar-refractivity contribution in [1.82, 2.24) is 5.43 Å². The van der Waals surface area contributed by atoms with Crippen molar-refractivity contribution in [3.63, 3.8) is 0 Å². The van der Waals surface area contributed by atoms with Crippen LogP contribution in [-0.2, 0) is 4.79 Å². The highest BCUT2D eigenvalue weighted by Gasteiger charge is 2.09. The summed E-state index contributed by atoms with van der Waals surface area (Å²) in [4.78, 5) is 11.8. The Morgan fingerprint density at radius 3 is 2.74 bits per heavy atom. The molecule has 6 heteroatoms. The summed E-state index contributed by atoms with van der Waals surface area (Å²) in [6, 6.07) is 11.6. The van der Waals surface area contributed by atoms with Gasteiger partial charge in [-0.15, -0.1) is 0 Å². The van der Waals surface area contributed by atoms with Crippen molar-refractivity contribution in [3.8, 4) is 5.75 Å². The number of hydrogen-bond acceptors (Lipinski definition) is 3. The van der Waals surface area contributed by atoms with Gasteiger partial charge in [-0.25, -0.2) is 5.43 Å². The molecule has 0 fully saturated rings. The molecule has 2 aromatic rings. The van der Waals surface area contributed by atoms with Gasteiger partial charge >= 0.3 is 0 Å². The molecule has 0 bridgehead atoms. The first-order valence-electron chi connectivity index (χ1n) is 6.92. The zero-order valence-corrected chi connectivity index (χ0v) is 15.9. The van der Waals surface area contributed by atoms with Crippen molar-refractivity contribution in [2.24, 2.45) is 5.10 Å². The van der Waals surface area contributed by atoms with Gasteiger partial charge in [0.15, 0.2) is 6.61 Å². The van der Waals surface area contributed by atoms with Crippen LogP contribution in [0.3, 0.4) is 0 Å². The third-order valence-corrected chi connectivity index (χ3v) is 4.03. The number of amides is 1. The monoisotopic (exact) mass is 438 g/mol. The lowest BCUT2D eigenvalue weighted by Gasteiger charge is -2.10. The van der Waals surface area contributed by atoms with Crippen LogP contribution in [-0.4, -0.2) is 18.7 Å². The smallest absolute Gasteiger partial charge is 0.277 e. The fourth-order valence-electron chi connectivity index (χ4n) is 1.97. The largest absolute Gasteiger partial charge is 0.482 e. The van der Waals surface area contributed by atoms with E-state index in [1.54, 1.807) is 6.21 Å². The zero-order valence-electron chi connectivity index (χ0n) is 12.8. The number of hydrogen-bond donors (Lipinski definition) is 1. The summed E-state index contributed by atoms with van der Waals surface area (Å²) >= 11 is 6.83. The molecular formula is C17H16Br2N2O2. The fourth-order valence-corrected chi connectivity index (χ4v) is 3.52. The highest BCUT2D eigenvalue weighted by Crippen LogP contribution is 2.32. The molecule has 0 unspecified atom stereocenters. The highest BCUT2D eigenvalue weighted by atomic mass is 79.9. The van der Waals surface area contributed by atoms with E-state index in [9.17, 15) is 4.79 Å². The van der Waals surface area contributed by atoms with E-state index in [4.69, 9.17) is 4.74 Å². The van der Waals surface area contributed by atoms with E-state index in [1.165, 1.54) is 0 Å². The number of halogens is 2. The van der Waals surface area contributed by atoms with Crippen LogP contribution in [0.2, 0.25) is 0 Å². The Bertz CT molecular complexity index is 722. The lowest BCUT2D eigenvalue weighted by molar-refractivity contribution is -0.123. The van der Waals surface area contributed by atoms with Crippen molar-refractivity contribution in [2.45, 2.75) is 13.8 Å². The van der Waals surface area contributed by atoms with E-state index in [1.807, 2.05) is 50.2 Å². The number of hydrazone groups is 1. The molecule has 1 amide bonds. The predicted octanol–water partition coefficient (Wildman–Crippen LogP) is 4.36. The maximum Gasteiger partial charge on any atom is 0.277 e. The van der Waals surface area contributed by atoms with E-state index in [2.05, 4.69) is 42.4 Å². The molecule has 0 saturated heterocycles. The molecule has 0 saturated carbocycles. The number of nitrogens with zero attached hydrogens (tertiary/aromatic N) is 1. The first-order chi connectivity index (χ1) is 11.0. The van der Waals surface area contributed by atoms with Crippen LogP contribution in [0.5, 0.6) is 5.75 Å². The standard InChI is InChI=1S/C17H16Br2N2O2/c1-11-4-3-5-13(6-11)9-20-21-16(22)10-23-17-12(2)7-14(18)8-15(17)19/h3-9H,10H2,1-2H3,(H,21,22)/b20-9+. The summed E-state index contributed by atoms with van der Waals surface area (Å²) in [6.07, 6.45) is 1.60. The molecule has 2 aromatic carbocycles. The number of carbonyl (C=O) groups excluding carboxylic acids is 1. The van der Waals surface area contributed by atoms with Gasteiger partial charge in [-0.1, -0.05) is 45.8 Å². The van der Waals surface area contributed by atoms with Gasteiger partial charge in [0.1, 0.15) is 5.75 Å². The lowest BCUT2D eigenvalue weighted by atomic mass is 10.2. The molecule has 1 N–H and O–H groups in total. The number of aryl methyl sites for hydroxylation is 2. The molecule has 23 heavy (non-hydrogen) atoms. The summed E-state index contributed by atoms with van der Waals surface area (Å²) in [5.41, 5.74) is 5.45. The number of carbonyl (C=O) groups is 1. The van der Waals surface area contributed by atoms with Crippen LogP contribution in [0.1, 0.15) is 16.7 Å². The van der Waals surface area contributed by atoms with E-state index < -0.39 is 0 Å². The van der Waals surface area contributed by atoms with Crippen LogP contribution in [0, 0.1) is 13.8 Å². The normalized spacial score (nSPS) is 10.8. The third-order valence-electron chi connectivity index (χ3n) is 2.99. The molecule has 0 radical (unpaired) electrons. The van der Waals surface area contributed by atoms with Gasteiger partial charge in [0.2, 0.25) is 0 Å². The number of rotatable bonds is 5. The molecule has 4 nitrogen and oxygen atoms in total. The molecule has 0 atom stereocenters. The second kappa shape index (κ2) is 8.26. The highest BCUT2D eigenvalue weighted by molar-refractivity contribution is 9.11. The van der Waals surface area contributed by atoms with Crippen LogP contribution in [0.25, 0.3) is 0 Å². The van der Waals surface area contributed by atoms with Gasteiger partial charge in [-0.2, -0.15) is 5.10 Å². The number of ether oxygens (including phenoxy) is 1. The Morgan fingerprint density at radius 2 is 2.04 bits per heavy atom. The third kappa shape index (κ3) is 5.48. The number of benzene rings is 2. The Hall–Kier alpha value is -1.66. The Kier molecular flexibility index (Phi) is 6.36. The molecule has 2 rings (SSSR count). The van der Waals surface area contributed by atoms with E-state index in [0.717, 1.165) is 25.6 Å². The fraction of sp³-hybridized carbons (Fsp3) is 0.176. The molecule has 120 valence electrons. The second-order valence-electron chi connectivity index (χ2n) is 5.03. The van der Waals surface area contributed by atoms with Crippen molar-refractivity contribution >= 4 is 44.0 Å². The van der Waals surface area contributed by atoms with E-state index >= 15 is 0 Å². The van der Waals surface area contributed by atoms with E-state index in [-0.39, 0.29) is 12.5 Å². The SMILES string of the molecule is Cc1cccc(/C=N/NC(=O)COc2c(C)cc(Br)cc2Br)c1. The van der Waals surface area contributed by atoms with Gasteiger partial charge < -0.3 is 4.74 Å². The Labute approximate surface area is 152 Å². The van der Waals surface area contributed by atoms with Crippen molar-refractivity contribution in [3.05, 3.63) is 62.0 Å². The summed E-state index contributed by atoms with van der Waals surface area (Å²) < 4.78 is 7.29. The Balaban J connectivity index is 1.88. The minimum absolute atomic E-state index is 0.105. The first kappa shape index (κ1) is 17.7. The number of nitrogens with one attached hydrogen (secondary N) is 1. The van der Waals surface area contributed by atoms with Crippen LogP contribution < -0.4 is 10.2 Å². The van der Waals surface area contributed by atoms with Crippen molar-refractivity contribution in [1.29, 1.82) is 0 Å². The average Bonchev–Trinajstić information content (AvgIpc) is 2.46. The maximum atomic E-state index is 11.8. The minimum atomic E-state index is -0.317. The average molecular weight is 440 g/mol. The molecule has 0 aliphatic carbocycles.